The van der Waals surface area contributed by atoms with Crippen LogP contribution in [-0.2, 0) is 0 Å². The second-order valence-corrected chi connectivity index (χ2v) is 4.96. The van der Waals surface area contributed by atoms with Gasteiger partial charge in [-0.15, -0.1) is 11.3 Å². The molecule has 0 fully saturated rings. The number of rotatable bonds is 0. The Bertz CT molecular complexity index is 868. The summed E-state index contributed by atoms with van der Waals surface area (Å²) in [6.07, 6.45) is 0. The summed E-state index contributed by atoms with van der Waals surface area (Å²) in [5.41, 5.74) is -0.245. The molecule has 0 amide bonds. The molecule has 0 saturated carbocycles. The molecule has 0 aliphatic rings. The number of fused-ring (bicyclic) bond motifs is 2. The van der Waals surface area contributed by atoms with Crippen molar-refractivity contribution in [2.24, 2.45) is 5.16 Å². The first-order valence-electron chi connectivity index (χ1n) is 5.44. The molecular formula is C14H9NO2S. The molecule has 88 valence electrons. The summed E-state index contributed by atoms with van der Waals surface area (Å²) in [4.78, 5) is 12.3. The highest BCUT2D eigenvalue weighted by atomic mass is 32.1. The molecule has 1 N–H and O–H groups in total. The van der Waals surface area contributed by atoms with Crippen LogP contribution in [0.3, 0.4) is 0 Å². The minimum Gasteiger partial charge on any atom is -0.410 e. The molecule has 0 spiro atoms. The second-order valence-electron chi connectivity index (χ2n) is 3.87. The van der Waals surface area contributed by atoms with E-state index in [0.717, 1.165) is 9.40 Å². The van der Waals surface area contributed by atoms with E-state index in [-0.39, 0.29) is 10.8 Å². The maximum Gasteiger partial charge on any atom is 0.216 e. The summed E-state index contributed by atoms with van der Waals surface area (Å²) in [6, 6.07) is 14.8. The molecule has 0 unspecified atom stereocenters. The Morgan fingerprint density at radius 3 is 2.11 bits per heavy atom. The lowest BCUT2D eigenvalue weighted by molar-refractivity contribution is 0.302. The van der Waals surface area contributed by atoms with Gasteiger partial charge >= 0.3 is 0 Å². The zero-order valence-corrected chi connectivity index (χ0v) is 10.1. The average Bonchev–Trinajstić information content (AvgIpc) is 2.53. The minimum absolute atomic E-state index is 0.100. The van der Waals surface area contributed by atoms with Gasteiger partial charge < -0.3 is 5.21 Å². The molecule has 2 aromatic carbocycles. The standard InChI is InChI=1S/C14H9NO2S/c16-14-10-6-2-4-8-12(10)18-11-7-3-1-5-9(11)13(14)15-17/h1-8,17H. The summed E-state index contributed by atoms with van der Waals surface area (Å²) < 4.78 is 1.80. The number of nitrogens with zero attached hydrogens (tertiary/aromatic N) is 1. The highest BCUT2D eigenvalue weighted by Gasteiger charge is 2.04. The number of hydrogen-bond donors (Lipinski definition) is 1. The van der Waals surface area contributed by atoms with Crippen LogP contribution >= 0.6 is 11.3 Å². The van der Waals surface area contributed by atoms with Crippen molar-refractivity contribution in [3.05, 3.63) is 64.1 Å². The molecule has 0 bridgehead atoms. The van der Waals surface area contributed by atoms with Gasteiger partial charge in [0.05, 0.1) is 0 Å². The molecule has 0 atom stereocenters. The van der Waals surface area contributed by atoms with Crippen LogP contribution in [0, 0.1) is 0 Å². The van der Waals surface area contributed by atoms with Crippen molar-refractivity contribution in [2.45, 2.75) is 0 Å². The Hall–Kier alpha value is -2.20. The Balaban J connectivity index is 2.79. The molecular weight excluding hydrogens is 246 g/mol. The number of benzene rings is 2. The Kier molecular flexibility index (Phi) is 2.57. The summed E-state index contributed by atoms with van der Waals surface area (Å²) in [5, 5.41) is 13.6. The topological polar surface area (TPSA) is 49.7 Å². The van der Waals surface area contributed by atoms with Gasteiger partial charge in [0.2, 0.25) is 5.43 Å². The predicted molar refractivity (Wildman–Crippen MR) is 73.0 cm³/mol. The van der Waals surface area contributed by atoms with Gasteiger partial charge in [0.25, 0.3) is 0 Å². The first-order valence-corrected chi connectivity index (χ1v) is 6.26. The summed E-state index contributed by atoms with van der Waals surface area (Å²) >= 11 is 1.51. The van der Waals surface area contributed by atoms with Crippen LogP contribution < -0.4 is 10.8 Å². The highest BCUT2D eigenvalue weighted by Crippen LogP contribution is 2.20. The Morgan fingerprint density at radius 2 is 1.44 bits per heavy atom. The molecule has 1 aromatic heterocycles. The third-order valence-corrected chi connectivity index (χ3v) is 3.96. The third-order valence-electron chi connectivity index (χ3n) is 2.81. The van der Waals surface area contributed by atoms with Crippen molar-refractivity contribution in [2.75, 3.05) is 0 Å². The third kappa shape index (κ3) is 1.58. The van der Waals surface area contributed by atoms with Crippen LogP contribution in [0.5, 0.6) is 0 Å². The zero-order chi connectivity index (χ0) is 12.5. The first kappa shape index (κ1) is 10.9. The Labute approximate surface area is 106 Å². The van der Waals surface area contributed by atoms with E-state index in [0.29, 0.717) is 10.8 Å². The van der Waals surface area contributed by atoms with Crippen LogP contribution in [0.4, 0.5) is 0 Å². The summed E-state index contributed by atoms with van der Waals surface area (Å²) in [7, 11) is 0. The van der Waals surface area contributed by atoms with E-state index in [4.69, 9.17) is 5.21 Å². The van der Waals surface area contributed by atoms with E-state index >= 15 is 0 Å². The molecule has 3 nitrogen and oxygen atoms in total. The maximum absolute atomic E-state index is 12.3. The first-order chi connectivity index (χ1) is 8.81. The van der Waals surface area contributed by atoms with Gasteiger partial charge in [-0.3, -0.25) is 4.79 Å². The van der Waals surface area contributed by atoms with Crippen molar-refractivity contribution in [3.8, 4) is 0 Å². The second kappa shape index (κ2) is 4.23. The SMILES string of the molecule is O=c1c(=NO)c2ccccc2sc2ccccc12. The van der Waals surface area contributed by atoms with Crippen molar-refractivity contribution < 1.29 is 5.21 Å². The molecule has 0 radical (unpaired) electrons. The smallest absolute Gasteiger partial charge is 0.216 e. The molecule has 1 heterocycles. The molecule has 18 heavy (non-hydrogen) atoms. The highest BCUT2D eigenvalue weighted by molar-refractivity contribution is 7.24. The van der Waals surface area contributed by atoms with Crippen molar-refractivity contribution in [1.29, 1.82) is 0 Å². The van der Waals surface area contributed by atoms with E-state index in [2.05, 4.69) is 5.16 Å². The summed E-state index contributed by atoms with van der Waals surface area (Å²) in [5.74, 6) is 0. The molecule has 0 aliphatic carbocycles. The van der Waals surface area contributed by atoms with Crippen molar-refractivity contribution in [1.82, 2.24) is 0 Å². The molecule has 4 heteroatoms. The van der Waals surface area contributed by atoms with Crippen LogP contribution in [0.15, 0.2) is 58.5 Å². The fourth-order valence-corrected chi connectivity index (χ4v) is 3.04. The van der Waals surface area contributed by atoms with Crippen LogP contribution in [0.1, 0.15) is 0 Å². The summed E-state index contributed by atoms with van der Waals surface area (Å²) in [6.45, 7) is 0. The van der Waals surface area contributed by atoms with Crippen LogP contribution in [-0.4, -0.2) is 5.21 Å². The lowest BCUT2D eigenvalue weighted by Crippen LogP contribution is -2.22. The van der Waals surface area contributed by atoms with Gasteiger partial charge in [-0.25, -0.2) is 0 Å². The van der Waals surface area contributed by atoms with Gasteiger partial charge in [-0.1, -0.05) is 35.5 Å². The van der Waals surface area contributed by atoms with Gasteiger partial charge in [0.15, 0.2) is 5.36 Å². The minimum atomic E-state index is -0.245. The van der Waals surface area contributed by atoms with Crippen molar-refractivity contribution >= 4 is 31.5 Å². The van der Waals surface area contributed by atoms with Crippen LogP contribution in [0.25, 0.3) is 20.2 Å². The van der Waals surface area contributed by atoms with Gasteiger partial charge in [-0.2, -0.15) is 0 Å². The lowest BCUT2D eigenvalue weighted by atomic mass is 10.2. The monoisotopic (exact) mass is 255 g/mol. The van der Waals surface area contributed by atoms with Gasteiger partial charge in [-0.05, 0) is 18.2 Å². The largest absolute Gasteiger partial charge is 0.410 e. The quantitative estimate of drug-likeness (QED) is 0.496. The fraction of sp³-hybridized carbons (Fsp3) is 0. The molecule has 0 saturated heterocycles. The zero-order valence-electron chi connectivity index (χ0n) is 9.33. The van der Waals surface area contributed by atoms with E-state index in [9.17, 15) is 4.79 Å². The normalized spacial score (nSPS) is 12.1. The molecule has 3 rings (SSSR count). The predicted octanol–water partition coefficient (Wildman–Crippen LogP) is 2.70. The van der Waals surface area contributed by atoms with E-state index < -0.39 is 0 Å². The molecule has 0 aliphatic heterocycles. The van der Waals surface area contributed by atoms with Crippen LogP contribution in [0.2, 0.25) is 0 Å². The van der Waals surface area contributed by atoms with Gasteiger partial charge in [0.1, 0.15) is 0 Å². The Morgan fingerprint density at radius 1 is 0.889 bits per heavy atom. The average molecular weight is 255 g/mol. The van der Waals surface area contributed by atoms with E-state index in [1.165, 1.54) is 11.3 Å². The molecule has 3 aromatic rings. The van der Waals surface area contributed by atoms with E-state index in [1.807, 2.05) is 36.4 Å². The van der Waals surface area contributed by atoms with E-state index in [1.54, 1.807) is 12.1 Å². The van der Waals surface area contributed by atoms with Gasteiger partial charge in [0, 0.05) is 20.2 Å². The fourth-order valence-electron chi connectivity index (χ4n) is 1.96. The van der Waals surface area contributed by atoms with Crippen molar-refractivity contribution in [3.63, 3.8) is 0 Å². The maximum atomic E-state index is 12.3. The lowest BCUT2D eigenvalue weighted by Gasteiger charge is -1.89. The number of hydrogen-bond acceptors (Lipinski definition) is 4.